The molecule has 7 heteroatoms. The van der Waals surface area contributed by atoms with Gasteiger partial charge in [-0.3, -0.25) is 9.59 Å². The third kappa shape index (κ3) is 7.69. The minimum Gasteiger partial charge on any atom is -0.382 e. The summed E-state index contributed by atoms with van der Waals surface area (Å²) in [4.78, 5) is 31.4. The lowest BCUT2D eigenvalue weighted by atomic mass is 10.1. The molecular weight excluding hydrogens is 468 g/mol. The highest BCUT2D eigenvalue weighted by molar-refractivity contribution is 7.10. The molecule has 5 nitrogen and oxygen atoms in total. The highest BCUT2D eigenvalue weighted by Crippen LogP contribution is 2.20. The van der Waals surface area contributed by atoms with Crippen molar-refractivity contribution in [2.75, 3.05) is 26.3 Å². The van der Waals surface area contributed by atoms with Gasteiger partial charge in [-0.2, -0.15) is 0 Å². The van der Waals surface area contributed by atoms with Crippen molar-refractivity contribution >= 4 is 34.8 Å². The Hall–Kier alpha value is -2.67. The van der Waals surface area contributed by atoms with Crippen LogP contribution >= 0.6 is 22.9 Å². The number of amides is 2. The van der Waals surface area contributed by atoms with Crippen molar-refractivity contribution < 1.29 is 14.3 Å². The predicted molar refractivity (Wildman–Crippen MR) is 138 cm³/mol. The summed E-state index contributed by atoms with van der Waals surface area (Å²) in [6, 6.07) is 18.8. The van der Waals surface area contributed by atoms with Gasteiger partial charge >= 0.3 is 0 Å². The highest BCUT2D eigenvalue weighted by atomic mass is 35.5. The number of hydrogen-bond donors (Lipinski definition) is 0. The Morgan fingerprint density at radius 2 is 1.71 bits per heavy atom. The van der Waals surface area contributed by atoms with Crippen LogP contribution in [0.5, 0.6) is 0 Å². The molecule has 34 heavy (non-hydrogen) atoms. The monoisotopic (exact) mass is 498 g/mol. The van der Waals surface area contributed by atoms with E-state index in [0.29, 0.717) is 49.9 Å². The molecule has 0 atom stereocenters. The van der Waals surface area contributed by atoms with E-state index in [2.05, 4.69) is 13.0 Å². The first-order valence-electron chi connectivity index (χ1n) is 11.4. The number of ether oxygens (including phenoxy) is 1. The summed E-state index contributed by atoms with van der Waals surface area (Å²) in [5.41, 5.74) is 2.73. The Balaban J connectivity index is 1.79. The zero-order chi connectivity index (χ0) is 24.3. The van der Waals surface area contributed by atoms with Gasteiger partial charge in [0.2, 0.25) is 5.91 Å². The van der Waals surface area contributed by atoms with Crippen LogP contribution in [0.3, 0.4) is 0 Å². The van der Waals surface area contributed by atoms with E-state index in [1.165, 1.54) is 5.56 Å². The quantitative estimate of drug-likeness (QED) is 0.296. The molecule has 3 aromatic rings. The molecule has 1 aromatic heterocycles. The molecule has 1 heterocycles. The summed E-state index contributed by atoms with van der Waals surface area (Å²) < 4.78 is 5.45. The van der Waals surface area contributed by atoms with Crippen LogP contribution in [0.25, 0.3) is 0 Å². The summed E-state index contributed by atoms with van der Waals surface area (Å²) in [6.45, 7) is 6.59. The second kappa shape index (κ2) is 13.3. The van der Waals surface area contributed by atoms with Gasteiger partial charge in [0.1, 0.15) is 6.54 Å². The molecule has 0 radical (unpaired) electrons. The number of nitrogens with zero attached hydrogens (tertiary/aromatic N) is 2. The zero-order valence-corrected chi connectivity index (χ0v) is 21.3. The number of aryl methyl sites for hydroxylation is 1. The molecule has 0 aliphatic rings. The summed E-state index contributed by atoms with van der Waals surface area (Å²) >= 11 is 7.64. The molecule has 180 valence electrons. The largest absolute Gasteiger partial charge is 0.382 e. The minimum absolute atomic E-state index is 0.00480. The molecule has 0 N–H and O–H groups in total. The van der Waals surface area contributed by atoms with Crippen molar-refractivity contribution in [1.82, 2.24) is 9.80 Å². The zero-order valence-electron chi connectivity index (χ0n) is 19.7. The van der Waals surface area contributed by atoms with E-state index in [1.54, 1.807) is 40.5 Å². The van der Waals surface area contributed by atoms with Gasteiger partial charge in [-0.05, 0) is 67.1 Å². The number of thiophene rings is 1. The van der Waals surface area contributed by atoms with Gasteiger partial charge in [0.25, 0.3) is 5.91 Å². The van der Waals surface area contributed by atoms with Crippen LogP contribution in [0.4, 0.5) is 0 Å². The number of benzene rings is 2. The van der Waals surface area contributed by atoms with Gasteiger partial charge in [0.15, 0.2) is 0 Å². The van der Waals surface area contributed by atoms with E-state index >= 15 is 0 Å². The van der Waals surface area contributed by atoms with Gasteiger partial charge in [0, 0.05) is 41.8 Å². The van der Waals surface area contributed by atoms with Crippen molar-refractivity contribution in [3.8, 4) is 0 Å². The molecule has 0 saturated heterocycles. The number of carbonyl (C=O) groups is 2. The standard InChI is InChI=1S/C27H31ClN2O3S/c1-3-33-16-7-15-29(27(32)23-10-12-24(28)13-11-23)20-26(31)30(18-22-8-5-4-6-9-22)19-25-21(2)14-17-34-25/h4-6,8-14,17H,3,7,15-16,18-20H2,1-2H3. The van der Waals surface area contributed by atoms with Crippen LogP contribution in [0, 0.1) is 6.92 Å². The topological polar surface area (TPSA) is 49.9 Å². The Kier molecular flexibility index (Phi) is 10.1. The van der Waals surface area contributed by atoms with E-state index in [9.17, 15) is 9.59 Å². The smallest absolute Gasteiger partial charge is 0.254 e. The number of hydrogen-bond acceptors (Lipinski definition) is 4. The summed E-state index contributed by atoms with van der Waals surface area (Å²) in [6.07, 6.45) is 0.656. The molecule has 3 rings (SSSR count). The molecule has 2 amide bonds. The van der Waals surface area contributed by atoms with Crippen molar-refractivity contribution in [2.24, 2.45) is 0 Å². The van der Waals surface area contributed by atoms with Crippen molar-refractivity contribution in [3.05, 3.63) is 92.6 Å². The first kappa shape index (κ1) is 25.9. The second-order valence-corrected chi connectivity index (χ2v) is 9.48. The van der Waals surface area contributed by atoms with E-state index in [0.717, 1.165) is 10.4 Å². The summed E-state index contributed by atoms with van der Waals surface area (Å²) in [7, 11) is 0. The maximum absolute atomic E-state index is 13.6. The average Bonchev–Trinajstić information content (AvgIpc) is 3.25. The first-order chi connectivity index (χ1) is 16.5. The van der Waals surface area contributed by atoms with Gasteiger partial charge in [-0.15, -0.1) is 11.3 Å². The Labute approximate surface area is 210 Å². The average molecular weight is 499 g/mol. The Bertz CT molecular complexity index is 1050. The molecule has 0 unspecified atom stereocenters. The summed E-state index contributed by atoms with van der Waals surface area (Å²) in [5, 5.41) is 2.61. The van der Waals surface area contributed by atoms with Crippen molar-refractivity contribution in [1.29, 1.82) is 0 Å². The number of carbonyl (C=O) groups excluding carboxylic acids is 2. The molecule has 0 aliphatic carbocycles. The minimum atomic E-state index is -0.187. The van der Waals surface area contributed by atoms with Gasteiger partial charge in [-0.1, -0.05) is 41.9 Å². The van der Waals surface area contributed by atoms with Crippen LogP contribution in [-0.4, -0.2) is 47.9 Å². The fourth-order valence-corrected chi connectivity index (χ4v) is 4.61. The van der Waals surface area contributed by atoms with Gasteiger partial charge < -0.3 is 14.5 Å². The fourth-order valence-electron chi connectivity index (χ4n) is 3.57. The SMILES string of the molecule is CCOCCCN(CC(=O)N(Cc1ccccc1)Cc1sccc1C)C(=O)c1ccc(Cl)cc1. The van der Waals surface area contributed by atoms with Crippen molar-refractivity contribution in [3.63, 3.8) is 0 Å². The van der Waals surface area contributed by atoms with Crippen LogP contribution in [0.2, 0.25) is 5.02 Å². The fraction of sp³-hybridized carbons (Fsp3) is 0.333. The normalized spacial score (nSPS) is 10.8. The molecule has 0 bridgehead atoms. The number of halogens is 1. The maximum atomic E-state index is 13.6. The van der Waals surface area contributed by atoms with Crippen LogP contribution in [0.15, 0.2) is 66.0 Å². The van der Waals surface area contributed by atoms with Gasteiger partial charge in [-0.25, -0.2) is 0 Å². The van der Waals surface area contributed by atoms with Gasteiger partial charge in [0.05, 0.1) is 6.54 Å². The predicted octanol–water partition coefficient (Wildman–Crippen LogP) is 5.81. The Morgan fingerprint density at radius 3 is 2.35 bits per heavy atom. The lowest BCUT2D eigenvalue weighted by Gasteiger charge is -2.28. The third-order valence-corrected chi connectivity index (χ3v) is 6.76. The lowest BCUT2D eigenvalue weighted by Crippen LogP contribution is -2.43. The van der Waals surface area contributed by atoms with E-state index in [4.69, 9.17) is 16.3 Å². The molecular formula is C27H31ClN2O3S. The van der Waals surface area contributed by atoms with E-state index in [1.807, 2.05) is 47.5 Å². The second-order valence-electron chi connectivity index (χ2n) is 8.05. The molecule has 0 aliphatic heterocycles. The lowest BCUT2D eigenvalue weighted by molar-refractivity contribution is -0.133. The maximum Gasteiger partial charge on any atom is 0.254 e. The number of rotatable bonds is 12. The Morgan fingerprint density at radius 1 is 0.971 bits per heavy atom. The summed E-state index contributed by atoms with van der Waals surface area (Å²) in [5.74, 6) is -0.274. The van der Waals surface area contributed by atoms with E-state index < -0.39 is 0 Å². The molecule has 0 spiro atoms. The van der Waals surface area contributed by atoms with E-state index in [-0.39, 0.29) is 18.4 Å². The highest BCUT2D eigenvalue weighted by Gasteiger charge is 2.23. The van der Waals surface area contributed by atoms with Crippen LogP contribution in [0.1, 0.15) is 39.7 Å². The molecule has 2 aromatic carbocycles. The molecule has 0 fully saturated rings. The first-order valence-corrected chi connectivity index (χ1v) is 12.7. The van der Waals surface area contributed by atoms with Crippen LogP contribution in [-0.2, 0) is 22.6 Å². The third-order valence-electron chi connectivity index (χ3n) is 5.50. The van der Waals surface area contributed by atoms with Crippen LogP contribution < -0.4 is 0 Å². The van der Waals surface area contributed by atoms with Crippen molar-refractivity contribution in [2.45, 2.75) is 33.4 Å². The molecule has 0 saturated carbocycles.